The number of anilines is 2. The van der Waals surface area contributed by atoms with Crippen LogP contribution in [0.4, 0.5) is 10.9 Å². The van der Waals surface area contributed by atoms with Gasteiger partial charge in [-0.25, -0.2) is 9.97 Å². The van der Waals surface area contributed by atoms with Gasteiger partial charge < -0.3 is 10.1 Å². The Morgan fingerprint density at radius 2 is 2.19 bits per heavy atom. The van der Waals surface area contributed by atoms with Gasteiger partial charge in [0, 0.05) is 25.9 Å². The van der Waals surface area contributed by atoms with Crippen molar-refractivity contribution in [2.75, 3.05) is 31.4 Å². The van der Waals surface area contributed by atoms with Crippen molar-refractivity contribution >= 4 is 39.8 Å². The van der Waals surface area contributed by atoms with Crippen LogP contribution in [0.3, 0.4) is 0 Å². The Hall–Kier alpha value is -2.65. The summed E-state index contributed by atoms with van der Waals surface area (Å²) in [5.74, 6) is -0.912. The number of ketones is 2. The number of hydrogen-bond donors (Lipinski definition) is 2. The Morgan fingerprint density at radius 1 is 1.37 bits per heavy atom. The van der Waals surface area contributed by atoms with E-state index in [1.807, 2.05) is 0 Å². The summed E-state index contributed by atoms with van der Waals surface area (Å²) in [6, 6.07) is 3.37. The summed E-state index contributed by atoms with van der Waals surface area (Å²) in [5.41, 5.74) is 1.05. The molecule has 0 fully saturated rings. The maximum Gasteiger partial charge on any atom is 0.252 e. The Kier molecular flexibility index (Phi) is 5.92. The number of rotatable bonds is 6. The van der Waals surface area contributed by atoms with E-state index in [1.165, 1.54) is 13.3 Å². The molecule has 1 unspecified atom stereocenters. The Balaban J connectivity index is 1.81. The lowest BCUT2D eigenvalue weighted by molar-refractivity contribution is -0.119. The average Bonchev–Trinajstić information content (AvgIpc) is 3.00. The van der Waals surface area contributed by atoms with E-state index in [0.717, 1.165) is 11.3 Å². The molecule has 142 valence electrons. The van der Waals surface area contributed by atoms with E-state index in [-0.39, 0.29) is 24.1 Å². The molecule has 2 N–H and O–H groups in total. The molecular formula is C18H20N4O4S. The van der Waals surface area contributed by atoms with E-state index in [1.54, 1.807) is 19.2 Å². The lowest BCUT2D eigenvalue weighted by Gasteiger charge is -2.11. The first kappa shape index (κ1) is 19.1. The molecule has 0 aliphatic heterocycles. The highest BCUT2D eigenvalue weighted by Crippen LogP contribution is 2.32. The van der Waals surface area contributed by atoms with Gasteiger partial charge in [-0.15, -0.1) is 0 Å². The molecule has 1 aliphatic rings. The molecule has 1 amide bonds. The van der Waals surface area contributed by atoms with E-state index in [2.05, 4.69) is 20.6 Å². The molecule has 3 rings (SSSR count). The van der Waals surface area contributed by atoms with Crippen molar-refractivity contribution in [1.82, 2.24) is 9.97 Å². The third-order valence-electron chi connectivity index (χ3n) is 4.29. The molecule has 0 aromatic carbocycles. The number of hydrogen-bond acceptors (Lipinski definition) is 8. The molecular weight excluding hydrogens is 368 g/mol. The Bertz CT molecular complexity index is 863. The van der Waals surface area contributed by atoms with Crippen molar-refractivity contribution in [3.05, 3.63) is 34.5 Å². The zero-order valence-electron chi connectivity index (χ0n) is 15.1. The van der Waals surface area contributed by atoms with E-state index in [4.69, 9.17) is 4.74 Å². The van der Waals surface area contributed by atoms with Gasteiger partial charge in [-0.2, -0.15) is 0 Å². The van der Waals surface area contributed by atoms with Crippen molar-refractivity contribution in [1.29, 1.82) is 0 Å². The van der Waals surface area contributed by atoms with Crippen LogP contribution in [0, 0.1) is 5.92 Å². The Morgan fingerprint density at radius 3 is 2.85 bits per heavy atom. The van der Waals surface area contributed by atoms with Crippen LogP contribution in [-0.2, 0) is 16.0 Å². The SMILES string of the molecule is CNc1ccc(C(=O)C2CCCc3nc(NC(=O)COC)sc3C2=O)cn1. The molecule has 0 bridgehead atoms. The molecule has 0 saturated heterocycles. The van der Waals surface area contributed by atoms with E-state index >= 15 is 0 Å². The van der Waals surface area contributed by atoms with Gasteiger partial charge in [0.25, 0.3) is 5.91 Å². The molecule has 0 spiro atoms. The predicted molar refractivity (Wildman–Crippen MR) is 101 cm³/mol. The van der Waals surface area contributed by atoms with Gasteiger partial charge in [-0.1, -0.05) is 11.3 Å². The first-order chi connectivity index (χ1) is 13.0. The highest BCUT2D eigenvalue weighted by atomic mass is 32.1. The zero-order chi connectivity index (χ0) is 19.4. The van der Waals surface area contributed by atoms with E-state index < -0.39 is 5.92 Å². The fraction of sp³-hybridized carbons (Fsp3) is 0.389. The fourth-order valence-corrected chi connectivity index (χ4v) is 3.98. The molecule has 0 radical (unpaired) electrons. The van der Waals surface area contributed by atoms with Crippen molar-refractivity contribution in [2.24, 2.45) is 5.92 Å². The summed E-state index contributed by atoms with van der Waals surface area (Å²) in [6.07, 6.45) is 3.22. The van der Waals surface area contributed by atoms with Crippen LogP contribution in [0.5, 0.6) is 0 Å². The smallest absolute Gasteiger partial charge is 0.252 e. The van der Waals surface area contributed by atoms with Gasteiger partial charge in [-0.05, 0) is 31.4 Å². The predicted octanol–water partition coefficient (Wildman–Crippen LogP) is 2.18. The lowest BCUT2D eigenvalue weighted by Crippen LogP contribution is -2.23. The highest BCUT2D eigenvalue weighted by molar-refractivity contribution is 7.17. The van der Waals surface area contributed by atoms with Crippen LogP contribution in [0.2, 0.25) is 0 Å². The van der Waals surface area contributed by atoms with E-state index in [9.17, 15) is 14.4 Å². The number of fused-ring (bicyclic) bond motifs is 1. The largest absolute Gasteiger partial charge is 0.375 e. The molecule has 1 atom stereocenters. The van der Waals surface area contributed by atoms with Gasteiger partial charge in [0.1, 0.15) is 12.4 Å². The molecule has 2 aromatic rings. The number of thiazole rings is 1. The number of aromatic nitrogens is 2. The third-order valence-corrected chi connectivity index (χ3v) is 5.31. The second-order valence-electron chi connectivity index (χ2n) is 6.13. The molecule has 2 heterocycles. The van der Waals surface area contributed by atoms with Crippen LogP contribution in [0.15, 0.2) is 18.3 Å². The molecule has 1 aliphatic carbocycles. The lowest BCUT2D eigenvalue weighted by atomic mass is 9.91. The van der Waals surface area contributed by atoms with Gasteiger partial charge in [-0.3, -0.25) is 19.7 Å². The van der Waals surface area contributed by atoms with Crippen LogP contribution in [0.25, 0.3) is 0 Å². The van der Waals surface area contributed by atoms with Gasteiger partial charge in [0.05, 0.1) is 16.5 Å². The number of methoxy groups -OCH3 is 1. The topological polar surface area (TPSA) is 110 Å². The monoisotopic (exact) mass is 388 g/mol. The van der Waals surface area contributed by atoms with Gasteiger partial charge in [0.2, 0.25) is 0 Å². The number of carbonyl (C=O) groups is 3. The van der Waals surface area contributed by atoms with Crippen LogP contribution < -0.4 is 10.6 Å². The summed E-state index contributed by atoms with van der Waals surface area (Å²) < 4.78 is 4.78. The fourth-order valence-electron chi connectivity index (χ4n) is 2.96. The summed E-state index contributed by atoms with van der Waals surface area (Å²) >= 11 is 1.11. The number of Topliss-reactive ketones (excluding diaryl/α,β-unsaturated/α-hetero) is 2. The molecule has 8 nitrogen and oxygen atoms in total. The number of nitrogens with one attached hydrogen (secondary N) is 2. The summed E-state index contributed by atoms with van der Waals surface area (Å²) in [7, 11) is 3.17. The van der Waals surface area contributed by atoms with Crippen LogP contribution >= 0.6 is 11.3 Å². The number of nitrogens with zero attached hydrogens (tertiary/aromatic N) is 2. The second kappa shape index (κ2) is 8.36. The molecule has 9 heteroatoms. The third kappa shape index (κ3) is 4.20. The van der Waals surface area contributed by atoms with Crippen molar-refractivity contribution in [2.45, 2.75) is 19.3 Å². The summed E-state index contributed by atoms with van der Waals surface area (Å²) in [6.45, 7) is -0.0884. The van der Waals surface area contributed by atoms with Crippen LogP contribution in [-0.4, -0.2) is 48.2 Å². The van der Waals surface area contributed by atoms with Gasteiger partial charge in [0.15, 0.2) is 16.7 Å². The standard InChI is InChI=1S/C18H20N4O4S/c1-19-13-7-6-10(8-20-13)15(24)11-4-3-5-12-17(16(11)25)27-18(21-12)22-14(23)9-26-2/h6-8,11H,3-5,9H2,1-2H3,(H,19,20)(H,21,22,23). The second-order valence-corrected chi connectivity index (χ2v) is 7.13. The van der Waals surface area contributed by atoms with Gasteiger partial charge >= 0.3 is 0 Å². The number of amides is 1. The number of pyridine rings is 1. The maximum atomic E-state index is 13.0. The van der Waals surface area contributed by atoms with Crippen molar-refractivity contribution in [3.8, 4) is 0 Å². The average molecular weight is 388 g/mol. The molecule has 27 heavy (non-hydrogen) atoms. The maximum absolute atomic E-state index is 13.0. The minimum Gasteiger partial charge on any atom is -0.375 e. The normalized spacial score (nSPS) is 16.4. The van der Waals surface area contributed by atoms with E-state index in [0.29, 0.717) is 46.3 Å². The minimum atomic E-state index is -0.753. The number of ether oxygens (including phenoxy) is 1. The first-order valence-electron chi connectivity index (χ1n) is 8.54. The summed E-state index contributed by atoms with van der Waals surface area (Å²) in [4.78, 5) is 46.4. The van der Waals surface area contributed by atoms with Crippen LogP contribution in [0.1, 0.15) is 38.6 Å². The summed E-state index contributed by atoms with van der Waals surface area (Å²) in [5, 5.41) is 5.86. The minimum absolute atomic E-state index is 0.0884. The van der Waals surface area contributed by atoms with Crippen molar-refractivity contribution < 1.29 is 19.1 Å². The van der Waals surface area contributed by atoms with Crippen molar-refractivity contribution in [3.63, 3.8) is 0 Å². The number of carbonyl (C=O) groups excluding carboxylic acids is 3. The molecule has 0 saturated carbocycles. The quantitative estimate of drug-likeness (QED) is 0.443. The highest BCUT2D eigenvalue weighted by Gasteiger charge is 2.34. The molecule has 2 aromatic heterocycles. The Labute approximate surface area is 160 Å². The number of aryl methyl sites for hydroxylation is 1. The zero-order valence-corrected chi connectivity index (χ0v) is 15.9. The first-order valence-corrected chi connectivity index (χ1v) is 9.36.